The lowest BCUT2D eigenvalue weighted by Crippen LogP contribution is -2.44. The molecule has 0 aromatic carbocycles. The summed E-state index contributed by atoms with van der Waals surface area (Å²) in [7, 11) is 1.40. The molecule has 0 N–H and O–H groups in total. The highest BCUT2D eigenvalue weighted by Crippen LogP contribution is 2.44. The third-order valence-corrected chi connectivity index (χ3v) is 4.24. The number of hydrogen-bond donors (Lipinski definition) is 0. The Morgan fingerprint density at radius 2 is 2.14 bits per heavy atom. The van der Waals surface area contributed by atoms with Crippen LogP contribution in [-0.2, 0) is 37.4 Å². The van der Waals surface area contributed by atoms with Gasteiger partial charge in [0.2, 0.25) is 0 Å². The van der Waals surface area contributed by atoms with Gasteiger partial charge in [-0.05, 0) is 5.56 Å². The molecule has 1 aromatic heterocycles. The van der Waals surface area contributed by atoms with E-state index >= 15 is 0 Å². The number of ether oxygens (including phenoxy) is 3. The highest BCUT2D eigenvalue weighted by molar-refractivity contribution is 5.68. The van der Waals surface area contributed by atoms with Crippen LogP contribution in [-0.4, -0.2) is 41.9 Å². The van der Waals surface area contributed by atoms with E-state index in [-0.39, 0.29) is 11.4 Å². The lowest BCUT2D eigenvalue weighted by atomic mass is 9.74. The average molecular weight is 294 g/mol. The van der Waals surface area contributed by atoms with Crippen LogP contribution in [0.2, 0.25) is 0 Å². The maximum absolute atomic E-state index is 11.3. The Balaban J connectivity index is 1.82. The van der Waals surface area contributed by atoms with Gasteiger partial charge in [-0.15, -0.1) is 0 Å². The molecule has 2 heterocycles. The third kappa shape index (κ3) is 2.70. The number of rotatable bonds is 3. The number of methoxy groups -OCH3 is 1. The Morgan fingerprint density at radius 1 is 1.43 bits per heavy atom. The van der Waals surface area contributed by atoms with Gasteiger partial charge in [0.25, 0.3) is 0 Å². The second-order valence-electron chi connectivity index (χ2n) is 6.44. The molecule has 0 saturated carbocycles. The number of carbonyl (C=O) groups is 1. The molecule has 6 heteroatoms. The topological polar surface area (TPSA) is 62.6 Å². The predicted octanol–water partition coefficient (Wildman–Crippen LogP) is 1.41. The fraction of sp³-hybridized carbons (Fsp3) is 0.733. The van der Waals surface area contributed by atoms with Crippen LogP contribution in [0.25, 0.3) is 0 Å². The molecular weight excluding hydrogens is 272 g/mol. The molecule has 3 rings (SSSR count). The van der Waals surface area contributed by atoms with E-state index in [4.69, 9.17) is 9.47 Å². The second kappa shape index (κ2) is 5.10. The molecule has 1 aromatic rings. The van der Waals surface area contributed by atoms with E-state index in [1.165, 1.54) is 7.11 Å². The van der Waals surface area contributed by atoms with Crippen molar-refractivity contribution in [1.29, 1.82) is 0 Å². The summed E-state index contributed by atoms with van der Waals surface area (Å²) in [6.45, 7) is 6.17. The van der Waals surface area contributed by atoms with Gasteiger partial charge in [0.1, 0.15) is 0 Å². The zero-order valence-electron chi connectivity index (χ0n) is 12.8. The third-order valence-electron chi connectivity index (χ3n) is 4.24. The highest BCUT2D eigenvalue weighted by Gasteiger charge is 2.48. The van der Waals surface area contributed by atoms with Crippen molar-refractivity contribution in [3.8, 4) is 0 Å². The zero-order chi connectivity index (χ0) is 15.1. The molecule has 0 atom stereocenters. The molecule has 1 saturated heterocycles. The molecular formula is C15H22N2O4. The fourth-order valence-corrected chi connectivity index (χ4v) is 3.40. The van der Waals surface area contributed by atoms with E-state index in [0.29, 0.717) is 26.2 Å². The van der Waals surface area contributed by atoms with Gasteiger partial charge in [0.05, 0.1) is 39.0 Å². The van der Waals surface area contributed by atoms with Gasteiger partial charge in [-0.25, -0.2) is 0 Å². The summed E-state index contributed by atoms with van der Waals surface area (Å²) in [5, 5.41) is 4.66. The Morgan fingerprint density at radius 3 is 2.81 bits per heavy atom. The highest BCUT2D eigenvalue weighted by atomic mass is 16.7. The van der Waals surface area contributed by atoms with Crippen LogP contribution in [0.1, 0.15) is 37.9 Å². The summed E-state index contributed by atoms with van der Waals surface area (Å²) in [5.41, 5.74) is 2.13. The SMILES string of the molecule is COC(=O)CCn1cc2c(n1)C(C)(C)CC1(C2)OCCO1. The van der Waals surface area contributed by atoms with Crippen molar-refractivity contribution in [3.05, 3.63) is 17.5 Å². The molecule has 0 radical (unpaired) electrons. The van der Waals surface area contributed by atoms with E-state index in [2.05, 4.69) is 23.7 Å². The van der Waals surface area contributed by atoms with Gasteiger partial charge in [0, 0.05) is 24.5 Å². The van der Waals surface area contributed by atoms with E-state index in [1.54, 1.807) is 0 Å². The van der Waals surface area contributed by atoms with Crippen molar-refractivity contribution in [2.75, 3.05) is 20.3 Å². The molecule has 0 unspecified atom stereocenters. The summed E-state index contributed by atoms with van der Waals surface area (Å²) in [5.74, 6) is -0.714. The first-order valence-electron chi connectivity index (χ1n) is 7.36. The van der Waals surface area contributed by atoms with Crippen molar-refractivity contribution in [3.63, 3.8) is 0 Å². The minimum absolute atomic E-state index is 0.103. The molecule has 1 aliphatic heterocycles. The lowest BCUT2D eigenvalue weighted by Gasteiger charge is -2.39. The largest absolute Gasteiger partial charge is 0.469 e. The van der Waals surface area contributed by atoms with Gasteiger partial charge < -0.3 is 14.2 Å². The fourth-order valence-electron chi connectivity index (χ4n) is 3.40. The van der Waals surface area contributed by atoms with Gasteiger partial charge in [-0.1, -0.05) is 13.8 Å². The van der Waals surface area contributed by atoms with Crippen molar-refractivity contribution in [2.24, 2.45) is 0 Å². The number of carbonyl (C=O) groups excluding carboxylic acids is 1. The minimum atomic E-state index is -0.493. The Bertz CT molecular complexity index is 544. The van der Waals surface area contributed by atoms with E-state index in [0.717, 1.165) is 24.1 Å². The van der Waals surface area contributed by atoms with E-state index in [1.807, 2.05) is 10.9 Å². The number of aryl methyl sites for hydroxylation is 1. The van der Waals surface area contributed by atoms with Crippen LogP contribution in [0.4, 0.5) is 0 Å². The zero-order valence-corrected chi connectivity index (χ0v) is 12.8. The monoisotopic (exact) mass is 294 g/mol. The molecule has 2 aliphatic rings. The summed E-state index contributed by atoms with van der Waals surface area (Å²) in [6.07, 6.45) is 3.87. The first kappa shape index (κ1) is 14.5. The Kier molecular flexibility index (Phi) is 3.53. The maximum Gasteiger partial charge on any atom is 0.307 e. The standard InChI is InChI=1S/C15H22N2O4/c1-14(2)10-15(20-6-7-21-15)8-11-9-17(16-13(11)14)5-4-12(18)19-3/h9H,4-8,10H2,1-3H3. The number of esters is 1. The van der Waals surface area contributed by atoms with Crippen LogP contribution in [0, 0.1) is 0 Å². The van der Waals surface area contributed by atoms with Crippen LogP contribution in [0.5, 0.6) is 0 Å². The minimum Gasteiger partial charge on any atom is -0.469 e. The summed E-state index contributed by atoms with van der Waals surface area (Å²) in [6, 6.07) is 0. The summed E-state index contributed by atoms with van der Waals surface area (Å²) >= 11 is 0. The van der Waals surface area contributed by atoms with Crippen LogP contribution >= 0.6 is 0 Å². The Hall–Kier alpha value is -1.40. The first-order valence-corrected chi connectivity index (χ1v) is 7.36. The lowest BCUT2D eigenvalue weighted by molar-refractivity contribution is -0.175. The average Bonchev–Trinajstić information content (AvgIpc) is 3.03. The number of nitrogens with zero attached hydrogens (tertiary/aromatic N) is 2. The van der Waals surface area contributed by atoms with Gasteiger partial charge in [0.15, 0.2) is 5.79 Å². The van der Waals surface area contributed by atoms with Gasteiger partial charge in [-0.3, -0.25) is 9.48 Å². The maximum atomic E-state index is 11.3. The van der Waals surface area contributed by atoms with Crippen LogP contribution in [0.3, 0.4) is 0 Å². The van der Waals surface area contributed by atoms with E-state index in [9.17, 15) is 4.79 Å². The molecule has 1 aliphatic carbocycles. The first-order chi connectivity index (χ1) is 9.94. The van der Waals surface area contributed by atoms with Crippen LogP contribution in [0.15, 0.2) is 6.20 Å². The second-order valence-corrected chi connectivity index (χ2v) is 6.44. The van der Waals surface area contributed by atoms with Crippen molar-refractivity contribution < 1.29 is 19.0 Å². The summed E-state index contributed by atoms with van der Waals surface area (Å²) in [4.78, 5) is 11.3. The van der Waals surface area contributed by atoms with Crippen LogP contribution < -0.4 is 0 Å². The molecule has 1 spiro atoms. The molecule has 6 nitrogen and oxygen atoms in total. The normalized spacial score (nSPS) is 22.2. The molecule has 1 fully saturated rings. The van der Waals surface area contributed by atoms with E-state index < -0.39 is 5.79 Å². The molecule has 0 amide bonds. The quantitative estimate of drug-likeness (QED) is 0.789. The van der Waals surface area contributed by atoms with Gasteiger partial charge in [-0.2, -0.15) is 5.10 Å². The smallest absolute Gasteiger partial charge is 0.307 e. The molecule has 0 bridgehead atoms. The number of fused-ring (bicyclic) bond motifs is 1. The number of aromatic nitrogens is 2. The predicted molar refractivity (Wildman–Crippen MR) is 74.8 cm³/mol. The number of hydrogen-bond acceptors (Lipinski definition) is 5. The summed E-state index contributed by atoms with van der Waals surface area (Å²) < 4.78 is 18.2. The van der Waals surface area contributed by atoms with Gasteiger partial charge >= 0.3 is 5.97 Å². The Labute approximate surface area is 124 Å². The molecule has 116 valence electrons. The van der Waals surface area contributed by atoms with Crippen molar-refractivity contribution in [1.82, 2.24) is 9.78 Å². The van der Waals surface area contributed by atoms with Crippen molar-refractivity contribution >= 4 is 5.97 Å². The molecule has 21 heavy (non-hydrogen) atoms. The van der Waals surface area contributed by atoms with Crippen molar-refractivity contribution in [2.45, 2.75) is 50.9 Å².